The van der Waals surface area contributed by atoms with Gasteiger partial charge in [0.15, 0.2) is 0 Å². The summed E-state index contributed by atoms with van der Waals surface area (Å²) in [7, 11) is 1.44. The molecular formula is C62H108N2O7P+. The van der Waals surface area contributed by atoms with E-state index in [1.807, 2.05) is 33.3 Å². The number of amides is 1. The van der Waals surface area contributed by atoms with Crippen LogP contribution in [0.5, 0.6) is 0 Å². The number of rotatable bonds is 50. The highest BCUT2D eigenvalue weighted by molar-refractivity contribution is 7.47. The molecule has 0 rings (SSSR count). The van der Waals surface area contributed by atoms with Crippen molar-refractivity contribution in [1.29, 1.82) is 0 Å². The van der Waals surface area contributed by atoms with E-state index in [4.69, 9.17) is 13.8 Å². The van der Waals surface area contributed by atoms with Crippen molar-refractivity contribution in [2.75, 3.05) is 40.9 Å². The van der Waals surface area contributed by atoms with E-state index in [0.29, 0.717) is 23.9 Å². The van der Waals surface area contributed by atoms with E-state index in [9.17, 15) is 19.0 Å². The summed E-state index contributed by atoms with van der Waals surface area (Å²) in [4.78, 5) is 37.6. The number of esters is 1. The number of hydrogen-bond donors (Lipinski definition) is 2. The summed E-state index contributed by atoms with van der Waals surface area (Å²) >= 11 is 0. The summed E-state index contributed by atoms with van der Waals surface area (Å²) in [6, 6.07) is -0.884. The van der Waals surface area contributed by atoms with Gasteiger partial charge in [-0.05, 0) is 115 Å². The molecule has 2 N–H and O–H groups in total. The number of unbranched alkanes of at least 4 members (excludes halogenated alkanes) is 18. The van der Waals surface area contributed by atoms with E-state index in [0.717, 1.165) is 103 Å². The first kappa shape index (κ1) is 68.7. The summed E-state index contributed by atoms with van der Waals surface area (Å²) in [6.45, 7) is 6.79. The van der Waals surface area contributed by atoms with Crippen LogP contribution in [0.1, 0.15) is 220 Å². The normalized spacial score (nSPS) is 14.6. The zero-order chi connectivity index (χ0) is 52.9. The number of nitrogens with one attached hydrogen (secondary N) is 1. The Bertz CT molecular complexity index is 1600. The smallest absolute Gasteiger partial charge is 0.456 e. The Morgan fingerprint density at radius 1 is 0.500 bits per heavy atom. The monoisotopic (exact) mass is 1020 g/mol. The lowest BCUT2D eigenvalue weighted by Gasteiger charge is -2.27. The largest absolute Gasteiger partial charge is 0.472 e. The van der Waals surface area contributed by atoms with Crippen LogP contribution in [0.3, 0.4) is 0 Å². The molecule has 0 heterocycles. The molecule has 3 unspecified atom stereocenters. The molecule has 0 aromatic rings. The summed E-state index contributed by atoms with van der Waals surface area (Å²) in [5.41, 5.74) is 0. The second kappa shape index (κ2) is 51.2. The molecule has 72 heavy (non-hydrogen) atoms. The second-order valence-corrected chi connectivity index (χ2v) is 21.5. The minimum atomic E-state index is -4.47. The zero-order valence-electron chi connectivity index (χ0n) is 46.9. The molecule has 412 valence electrons. The van der Waals surface area contributed by atoms with Crippen molar-refractivity contribution >= 4 is 19.7 Å². The molecular weight excluding hydrogens is 916 g/mol. The van der Waals surface area contributed by atoms with Gasteiger partial charge in [0.2, 0.25) is 5.91 Å². The Morgan fingerprint density at radius 2 is 0.889 bits per heavy atom. The minimum Gasteiger partial charge on any atom is -0.456 e. The van der Waals surface area contributed by atoms with Gasteiger partial charge in [-0.25, -0.2) is 4.57 Å². The lowest BCUT2D eigenvalue weighted by molar-refractivity contribution is -0.870. The van der Waals surface area contributed by atoms with Crippen LogP contribution in [0.15, 0.2) is 109 Å². The average Bonchev–Trinajstić information content (AvgIpc) is 3.34. The van der Waals surface area contributed by atoms with Gasteiger partial charge in [0.25, 0.3) is 0 Å². The third-order valence-corrected chi connectivity index (χ3v) is 12.9. The van der Waals surface area contributed by atoms with E-state index in [2.05, 4.69) is 123 Å². The highest BCUT2D eigenvalue weighted by Gasteiger charge is 2.30. The Balaban J connectivity index is 5.44. The lowest BCUT2D eigenvalue weighted by atomic mass is 10.1. The van der Waals surface area contributed by atoms with E-state index >= 15 is 0 Å². The molecule has 0 aliphatic rings. The second-order valence-electron chi connectivity index (χ2n) is 20.1. The van der Waals surface area contributed by atoms with Crippen LogP contribution in [0.25, 0.3) is 0 Å². The number of likely N-dealkylation sites (N-methyl/N-ethyl adjacent to an activating group) is 1. The van der Waals surface area contributed by atoms with Crippen molar-refractivity contribution in [3.05, 3.63) is 109 Å². The summed E-state index contributed by atoms with van der Waals surface area (Å²) in [6.07, 6.45) is 69.4. The molecule has 0 saturated carbocycles. The van der Waals surface area contributed by atoms with Crippen molar-refractivity contribution in [3.63, 3.8) is 0 Å². The van der Waals surface area contributed by atoms with Gasteiger partial charge >= 0.3 is 13.8 Å². The van der Waals surface area contributed by atoms with Gasteiger partial charge in [-0.3, -0.25) is 18.6 Å². The van der Waals surface area contributed by atoms with Crippen LogP contribution in [-0.4, -0.2) is 74.3 Å². The Labute approximate surface area is 442 Å². The van der Waals surface area contributed by atoms with Gasteiger partial charge in [0, 0.05) is 12.8 Å². The number of carbonyl (C=O) groups is 2. The van der Waals surface area contributed by atoms with E-state index in [1.54, 1.807) is 0 Å². The van der Waals surface area contributed by atoms with Crippen LogP contribution in [0.4, 0.5) is 0 Å². The maximum absolute atomic E-state index is 13.5. The predicted molar refractivity (Wildman–Crippen MR) is 309 cm³/mol. The van der Waals surface area contributed by atoms with E-state index in [-0.39, 0.29) is 37.9 Å². The molecule has 0 aliphatic carbocycles. The van der Waals surface area contributed by atoms with Gasteiger partial charge in [-0.2, -0.15) is 0 Å². The topological polar surface area (TPSA) is 111 Å². The summed E-state index contributed by atoms with van der Waals surface area (Å²) in [5, 5.41) is 3.02. The number of nitrogens with zero attached hydrogens (tertiary/aromatic N) is 1. The number of phosphoric acid groups is 1. The first-order chi connectivity index (χ1) is 34.9. The zero-order valence-corrected chi connectivity index (χ0v) is 47.8. The van der Waals surface area contributed by atoms with Crippen LogP contribution >= 0.6 is 7.82 Å². The van der Waals surface area contributed by atoms with Gasteiger partial charge in [0.05, 0.1) is 33.8 Å². The van der Waals surface area contributed by atoms with Crippen molar-refractivity contribution < 1.29 is 37.3 Å². The summed E-state index contributed by atoms with van der Waals surface area (Å²) < 4.78 is 30.5. The summed E-state index contributed by atoms with van der Waals surface area (Å²) in [5.74, 6) is -0.587. The fourth-order valence-corrected chi connectivity index (χ4v) is 8.24. The van der Waals surface area contributed by atoms with Crippen LogP contribution < -0.4 is 5.32 Å². The molecule has 0 aliphatic heterocycles. The first-order valence-corrected chi connectivity index (χ1v) is 30.2. The number of phosphoric ester groups is 1. The molecule has 10 heteroatoms. The maximum Gasteiger partial charge on any atom is 0.472 e. The third kappa shape index (κ3) is 51.6. The van der Waals surface area contributed by atoms with Crippen LogP contribution in [-0.2, 0) is 27.9 Å². The molecule has 3 atom stereocenters. The fraction of sp³-hybridized carbons (Fsp3) is 0.677. The van der Waals surface area contributed by atoms with Gasteiger partial charge < -0.3 is 19.4 Å². The van der Waals surface area contributed by atoms with Crippen molar-refractivity contribution in [2.45, 2.75) is 232 Å². The SMILES string of the molecule is CC/C=C/C/C=C/C/C=C/C/C=C/CCCCCC(=O)NC(COP(=O)(O)OCC[N+](C)(C)C)C(/C=C/CCCCCCCCCCC)OC(=O)CCCCC/C=C\C/C=C\C/C=C\C/C=C\CCCCC. The van der Waals surface area contributed by atoms with Crippen molar-refractivity contribution in [1.82, 2.24) is 5.32 Å². The molecule has 0 aromatic heterocycles. The van der Waals surface area contributed by atoms with Crippen LogP contribution in [0, 0.1) is 0 Å². The standard InChI is InChI=1S/C62H107N2O7P/c1-7-10-13-16-19-22-25-27-29-31-32-33-35-37-40-43-46-49-52-55-62(66)71-60(53-50-47-44-41-38-24-21-18-15-12-9-3)59(58-70-72(67,68)69-57-56-64(4,5)6)63-61(65)54-51-48-45-42-39-36-34-30-28-26-23-20-17-14-11-8-2/h11,14,19-20,22-23,27-30,32-33,36-37,39-40,50,53,59-60H,7-10,12-13,15-18,21,24-26,31,34-35,38,41-49,51-52,54-58H2,1-6H3,(H-,63,65,67,68)/p+1/b14-11+,22-19-,23-20+,29-27-,30-28+,33-32-,39-36+,40-37-,53-50+. The fourth-order valence-electron chi connectivity index (χ4n) is 7.50. The van der Waals surface area contributed by atoms with Gasteiger partial charge in [-0.15, -0.1) is 0 Å². The molecule has 9 nitrogen and oxygen atoms in total. The molecule has 1 amide bonds. The Hall–Kier alpha value is -3.33. The molecule has 0 saturated heterocycles. The predicted octanol–water partition coefficient (Wildman–Crippen LogP) is 17.4. The molecule has 0 aromatic carbocycles. The quantitative estimate of drug-likeness (QED) is 0.0205. The molecule has 0 spiro atoms. The van der Waals surface area contributed by atoms with Gasteiger partial charge in [0.1, 0.15) is 19.3 Å². The first-order valence-electron chi connectivity index (χ1n) is 28.7. The number of allylic oxidation sites excluding steroid dienone is 17. The van der Waals surface area contributed by atoms with Crippen LogP contribution in [0.2, 0.25) is 0 Å². The number of hydrogen-bond acceptors (Lipinski definition) is 6. The number of ether oxygens (including phenoxy) is 1. The van der Waals surface area contributed by atoms with Crippen molar-refractivity contribution in [2.24, 2.45) is 0 Å². The molecule has 0 fully saturated rings. The third-order valence-electron chi connectivity index (χ3n) is 11.9. The molecule has 0 bridgehead atoms. The minimum absolute atomic E-state index is 0.0225. The number of quaternary nitrogens is 1. The highest BCUT2D eigenvalue weighted by atomic mass is 31.2. The Morgan fingerprint density at radius 3 is 1.36 bits per heavy atom. The van der Waals surface area contributed by atoms with Gasteiger partial charge in [-0.1, -0.05) is 201 Å². The van der Waals surface area contributed by atoms with E-state index in [1.165, 1.54) is 70.6 Å². The molecule has 0 radical (unpaired) electrons. The lowest BCUT2D eigenvalue weighted by Crippen LogP contribution is -2.47. The number of carbonyl (C=O) groups excluding carboxylic acids is 2. The average molecular weight is 1020 g/mol. The van der Waals surface area contributed by atoms with E-state index < -0.39 is 20.0 Å². The Kier molecular flexibility index (Phi) is 48.8. The van der Waals surface area contributed by atoms with Crippen molar-refractivity contribution in [3.8, 4) is 0 Å². The maximum atomic E-state index is 13.5. The highest BCUT2D eigenvalue weighted by Crippen LogP contribution is 2.43.